The Labute approximate surface area is 133 Å². The molecule has 0 atom stereocenters. The zero-order valence-corrected chi connectivity index (χ0v) is 12.6. The zero-order chi connectivity index (χ0) is 16.4. The number of amides is 3. The quantitative estimate of drug-likeness (QED) is 0.758. The van der Waals surface area contributed by atoms with Gasteiger partial charge in [-0.3, -0.25) is 19.3 Å². The summed E-state index contributed by atoms with van der Waals surface area (Å²) in [6, 6.07) is 6.49. The van der Waals surface area contributed by atoms with Crippen molar-refractivity contribution in [1.29, 1.82) is 0 Å². The first-order valence-corrected chi connectivity index (χ1v) is 7.52. The van der Waals surface area contributed by atoms with Crippen LogP contribution in [0.15, 0.2) is 24.3 Å². The van der Waals surface area contributed by atoms with Gasteiger partial charge in [-0.15, -0.1) is 0 Å². The highest BCUT2D eigenvalue weighted by atomic mass is 16.5. The van der Waals surface area contributed by atoms with Crippen molar-refractivity contribution in [3.8, 4) is 0 Å². The predicted octanol–water partition coefficient (Wildman–Crippen LogP) is -0.0597. The third kappa shape index (κ3) is 3.11. The number of carbonyl (C=O) groups excluding carboxylic acids is 3. The van der Waals surface area contributed by atoms with Gasteiger partial charge in [-0.25, -0.2) is 0 Å². The van der Waals surface area contributed by atoms with E-state index in [1.54, 1.807) is 24.3 Å². The second kappa shape index (κ2) is 6.10. The van der Waals surface area contributed by atoms with E-state index in [0.717, 1.165) is 4.90 Å². The number of rotatable bonds is 4. The van der Waals surface area contributed by atoms with Gasteiger partial charge in [0.05, 0.1) is 16.7 Å². The van der Waals surface area contributed by atoms with E-state index in [2.05, 4.69) is 5.32 Å². The average Bonchev–Trinajstić information content (AvgIpc) is 2.79. The highest BCUT2D eigenvalue weighted by molar-refractivity contribution is 6.22. The van der Waals surface area contributed by atoms with Crippen LogP contribution in [0.3, 0.4) is 0 Å². The van der Waals surface area contributed by atoms with Gasteiger partial charge in [-0.2, -0.15) is 0 Å². The number of fused-ring (bicyclic) bond motifs is 1. The molecule has 0 aromatic heterocycles. The van der Waals surface area contributed by atoms with Crippen molar-refractivity contribution < 1.29 is 24.2 Å². The molecule has 3 rings (SSSR count). The second-order valence-electron chi connectivity index (χ2n) is 5.86. The fourth-order valence-electron chi connectivity index (χ4n) is 2.77. The third-order valence-corrected chi connectivity index (χ3v) is 4.22. The first-order valence-electron chi connectivity index (χ1n) is 7.52. The first-order chi connectivity index (χ1) is 11.0. The Morgan fingerprint density at radius 3 is 2.30 bits per heavy atom. The van der Waals surface area contributed by atoms with E-state index in [0.29, 0.717) is 37.2 Å². The summed E-state index contributed by atoms with van der Waals surface area (Å²) in [4.78, 5) is 37.3. The van der Waals surface area contributed by atoms with Crippen LogP contribution in [0.1, 0.15) is 33.6 Å². The molecule has 122 valence electrons. The summed E-state index contributed by atoms with van der Waals surface area (Å²) in [5.41, 5.74) is -0.364. The van der Waals surface area contributed by atoms with Crippen LogP contribution in [-0.4, -0.2) is 59.6 Å². The molecule has 2 aliphatic heterocycles. The summed E-state index contributed by atoms with van der Waals surface area (Å²) in [5.74, 6) is -1.41. The molecule has 23 heavy (non-hydrogen) atoms. The molecule has 2 aliphatic rings. The summed E-state index contributed by atoms with van der Waals surface area (Å²) < 4.78 is 5.17. The Morgan fingerprint density at radius 2 is 1.74 bits per heavy atom. The van der Waals surface area contributed by atoms with Gasteiger partial charge < -0.3 is 15.2 Å². The Morgan fingerprint density at radius 1 is 1.17 bits per heavy atom. The van der Waals surface area contributed by atoms with Crippen molar-refractivity contribution in [1.82, 2.24) is 10.2 Å². The van der Waals surface area contributed by atoms with Crippen LogP contribution in [0.2, 0.25) is 0 Å². The number of benzene rings is 1. The minimum Gasteiger partial charge on any atom is -0.388 e. The van der Waals surface area contributed by atoms with Crippen molar-refractivity contribution in [2.24, 2.45) is 0 Å². The van der Waals surface area contributed by atoms with Gasteiger partial charge in [0.1, 0.15) is 6.54 Å². The molecule has 0 aliphatic carbocycles. The van der Waals surface area contributed by atoms with Crippen molar-refractivity contribution >= 4 is 17.7 Å². The first kappa shape index (κ1) is 15.6. The maximum absolute atomic E-state index is 12.2. The van der Waals surface area contributed by atoms with E-state index in [-0.39, 0.29) is 13.1 Å². The molecule has 0 spiro atoms. The Kier molecular flexibility index (Phi) is 4.14. The molecule has 1 aromatic rings. The minimum atomic E-state index is -0.990. The number of nitrogens with one attached hydrogen (secondary N) is 1. The number of nitrogens with zero attached hydrogens (tertiary/aromatic N) is 1. The van der Waals surface area contributed by atoms with E-state index in [9.17, 15) is 19.5 Å². The third-order valence-electron chi connectivity index (χ3n) is 4.22. The van der Waals surface area contributed by atoms with Crippen LogP contribution in [0.25, 0.3) is 0 Å². The van der Waals surface area contributed by atoms with Crippen molar-refractivity contribution in [3.05, 3.63) is 35.4 Å². The highest BCUT2D eigenvalue weighted by Gasteiger charge is 2.37. The summed E-state index contributed by atoms with van der Waals surface area (Å²) in [7, 11) is 0. The van der Waals surface area contributed by atoms with Crippen LogP contribution in [0.5, 0.6) is 0 Å². The predicted molar refractivity (Wildman–Crippen MR) is 79.8 cm³/mol. The van der Waals surface area contributed by atoms with Crippen LogP contribution < -0.4 is 5.32 Å². The van der Waals surface area contributed by atoms with Gasteiger partial charge >= 0.3 is 0 Å². The van der Waals surface area contributed by atoms with Gasteiger partial charge in [-0.1, -0.05) is 12.1 Å². The van der Waals surface area contributed by atoms with Crippen molar-refractivity contribution in [3.63, 3.8) is 0 Å². The van der Waals surface area contributed by atoms with Crippen LogP contribution in [-0.2, 0) is 9.53 Å². The number of aliphatic hydroxyl groups is 1. The minimum absolute atomic E-state index is 0.0817. The van der Waals surface area contributed by atoms with Crippen molar-refractivity contribution in [2.45, 2.75) is 18.4 Å². The average molecular weight is 318 g/mol. The monoisotopic (exact) mass is 318 g/mol. The van der Waals surface area contributed by atoms with Gasteiger partial charge in [0.25, 0.3) is 11.8 Å². The SMILES string of the molecule is O=C(CN1C(=O)c2ccccc2C1=O)NCC1(O)CCOCC1. The number of imide groups is 1. The molecular formula is C16H18N2O5. The molecule has 2 heterocycles. The standard InChI is InChI=1S/C16H18N2O5/c19-13(17-10-16(22)5-7-23-8-6-16)9-18-14(20)11-3-1-2-4-12(11)15(18)21/h1-4,22H,5-10H2,(H,17,19). The smallest absolute Gasteiger partial charge is 0.262 e. The molecule has 7 nitrogen and oxygen atoms in total. The van der Waals surface area contributed by atoms with Gasteiger partial charge in [0.15, 0.2) is 0 Å². The molecule has 7 heteroatoms. The lowest BCUT2D eigenvalue weighted by Gasteiger charge is -2.32. The van der Waals surface area contributed by atoms with Gasteiger partial charge in [0.2, 0.25) is 5.91 Å². The summed E-state index contributed by atoms with van der Waals surface area (Å²) in [5, 5.41) is 12.9. The Bertz CT molecular complexity index is 617. The molecule has 1 saturated heterocycles. The lowest BCUT2D eigenvalue weighted by Crippen LogP contribution is -2.49. The number of hydrogen-bond donors (Lipinski definition) is 2. The molecule has 0 saturated carbocycles. The molecule has 0 bridgehead atoms. The van der Waals surface area contributed by atoms with E-state index in [1.807, 2.05) is 0 Å². The van der Waals surface area contributed by atoms with E-state index in [4.69, 9.17) is 4.74 Å². The maximum atomic E-state index is 12.2. The van der Waals surface area contributed by atoms with Gasteiger partial charge in [0, 0.05) is 32.6 Å². The summed E-state index contributed by atoms with van der Waals surface area (Å²) in [6.07, 6.45) is 0.889. The van der Waals surface area contributed by atoms with E-state index in [1.165, 1.54) is 0 Å². The Hall–Kier alpha value is -2.25. The molecule has 3 amide bonds. The maximum Gasteiger partial charge on any atom is 0.262 e. The number of carbonyl (C=O) groups is 3. The highest BCUT2D eigenvalue weighted by Crippen LogP contribution is 2.22. The molecule has 2 N–H and O–H groups in total. The van der Waals surface area contributed by atoms with Crippen LogP contribution in [0.4, 0.5) is 0 Å². The van der Waals surface area contributed by atoms with Crippen molar-refractivity contribution in [2.75, 3.05) is 26.3 Å². The normalized spacial score (nSPS) is 19.6. The second-order valence-corrected chi connectivity index (χ2v) is 5.86. The van der Waals surface area contributed by atoms with Crippen LogP contribution in [0, 0.1) is 0 Å². The number of ether oxygens (including phenoxy) is 1. The lowest BCUT2D eigenvalue weighted by atomic mass is 9.94. The van der Waals surface area contributed by atoms with Gasteiger partial charge in [-0.05, 0) is 12.1 Å². The molecule has 1 fully saturated rings. The lowest BCUT2D eigenvalue weighted by molar-refractivity contribution is -0.124. The summed E-state index contributed by atoms with van der Waals surface area (Å²) >= 11 is 0. The largest absolute Gasteiger partial charge is 0.388 e. The molecule has 0 radical (unpaired) electrons. The summed E-state index contributed by atoms with van der Waals surface area (Å²) in [6.45, 7) is 0.632. The fourth-order valence-corrected chi connectivity index (χ4v) is 2.77. The van der Waals surface area contributed by atoms with Crippen LogP contribution >= 0.6 is 0 Å². The molecular weight excluding hydrogens is 300 g/mol. The van der Waals surface area contributed by atoms with E-state index >= 15 is 0 Å². The molecule has 0 unspecified atom stereocenters. The van der Waals surface area contributed by atoms with E-state index < -0.39 is 23.3 Å². The fraction of sp³-hybridized carbons (Fsp3) is 0.438. The topological polar surface area (TPSA) is 95.9 Å². The zero-order valence-electron chi connectivity index (χ0n) is 12.6. The molecule has 1 aromatic carbocycles. The number of hydrogen-bond acceptors (Lipinski definition) is 5. The Balaban J connectivity index is 1.59.